The number of carboxylic acid groups (broad SMARTS) is 1. The van der Waals surface area contributed by atoms with Gasteiger partial charge in [0.1, 0.15) is 5.75 Å². The van der Waals surface area contributed by atoms with Crippen molar-refractivity contribution in [2.45, 2.75) is 64.5 Å². The summed E-state index contributed by atoms with van der Waals surface area (Å²) in [6, 6.07) is 15.8. The Balaban J connectivity index is 1.24. The van der Waals surface area contributed by atoms with Crippen molar-refractivity contribution >= 4 is 11.9 Å². The number of benzene rings is 2. The third kappa shape index (κ3) is 4.56. The van der Waals surface area contributed by atoms with Crippen LogP contribution in [0.3, 0.4) is 0 Å². The van der Waals surface area contributed by atoms with Gasteiger partial charge in [0.25, 0.3) is 0 Å². The van der Waals surface area contributed by atoms with Gasteiger partial charge in [-0.25, -0.2) is 4.79 Å². The molecule has 2 aliphatic heterocycles. The highest BCUT2D eigenvalue weighted by Crippen LogP contribution is 2.48. The van der Waals surface area contributed by atoms with E-state index < -0.39 is 5.97 Å². The Hall–Kier alpha value is -2.86. The second kappa shape index (κ2) is 9.65. The summed E-state index contributed by atoms with van der Waals surface area (Å²) in [5.74, 6) is 0.927. The molecule has 2 aromatic rings. The van der Waals surface area contributed by atoms with Crippen LogP contribution >= 0.6 is 0 Å². The molecule has 3 aliphatic rings. The number of likely N-dealkylation sites (tertiary alicyclic amines) is 1. The highest BCUT2D eigenvalue weighted by atomic mass is 16.5. The fourth-order valence-electron chi connectivity index (χ4n) is 6.47. The molecular weight excluding hydrogens is 440 g/mol. The zero-order valence-electron chi connectivity index (χ0n) is 20.8. The van der Waals surface area contributed by atoms with Crippen molar-refractivity contribution in [2.24, 2.45) is 11.3 Å². The Bertz CT molecular complexity index is 1090. The number of amides is 1. The van der Waals surface area contributed by atoms with Crippen molar-refractivity contribution < 1.29 is 19.4 Å². The van der Waals surface area contributed by atoms with E-state index in [2.05, 4.69) is 24.8 Å². The van der Waals surface area contributed by atoms with Crippen LogP contribution in [0.25, 0.3) is 0 Å². The number of carboxylic acids is 1. The van der Waals surface area contributed by atoms with Crippen LogP contribution in [0.2, 0.25) is 0 Å². The van der Waals surface area contributed by atoms with Crippen LogP contribution in [-0.4, -0.2) is 52.6 Å². The van der Waals surface area contributed by atoms with Gasteiger partial charge in [-0.05, 0) is 80.8 Å². The predicted octanol–water partition coefficient (Wildman–Crippen LogP) is 5.14. The highest BCUT2D eigenvalue weighted by molar-refractivity contribution is 5.87. The van der Waals surface area contributed by atoms with Crippen LogP contribution in [-0.2, 0) is 11.3 Å². The maximum Gasteiger partial charge on any atom is 0.335 e. The van der Waals surface area contributed by atoms with Crippen molar-refractivity contribution in [1.29, 1.82) is 0 Å². The molecule has 0 unspecified atom stereocenters. The summed E-state index contributed by atoms with van der Waals surface area (Å²) in [6.07, 6.45) is 4.93. The normalized spacial score (nSPS) is 25.3. The van der Waals surface area contributed by atoms with Crippen LogP contribution < -0.4 is 4.74 Å². The fourth-order valence-corrected chi connectivity index (χ4v) is 6.47. The average Bonchev–Trinajstić information content (AvgIpc) is 3.35. The third-order valence-corrected chi connectivity index (χ3v) is 8.70. The van der Waals surface area contributed by atoms with E-state index in [0.717, 1.165) is 62.1 Å². The van der Waals surface area contributed by atoms with Crippen LogP contribution in [0, 0.1) is 11.3 Å². The minimum Gasteiger partial charge on any atom is -0.478 e. The number of hydrogen-bond acceptors (Lipinski definition) is 4. The topological polar surface area (TPSA) is 70.1 Å². The van der Waals surface area contributed by atoms with Gasteiger partial charge in [0.2, 0.25) is 5.91 Å². The molecule has 0 spiro atoms. The van der Waals surface area contributed by atoms with E-state index in [0.29, 0.717) is 30.8 Å². The molecule has 35 heavy (non-hydrogen) atoms. The van der Waals surface area contributed by atoms with E-state index >= 15 is 0 Å². The fraction of sp³-hybridized carbons (Fsp3) is 0.517. The molecule has 0 aromatic heterocycles. The zero-order chi connectivity index (χ0) is 24.6. The number of piperidine rings is 1. The minimum atomic E-state index is -0.868. The molecule has 0 bridgehead atoms. The first-order valence-corrected chi connectivity index (χ1v) is 12.9. The molecular formula is C29H36N2O4. The molecule has 6 heteroatoms. The van der Waals surface area contributed by atoms with Gasteiger partial charge in [0, 0.05) is 11.6 Å². The molecule has 6 nitrogen and oxygen atoms in total. The molecule has 1 saturated carbocycles. The lowest BCUT2D eigenvalue weighted by Crippen LogP contribution is -2.49. The Labute approximate surface area is 207 Å². The molecule has 1 saturated heterocycles. The van der Waals surface area contributed by atoms with Gasteiger partial charge >= 0.3 is 5.97 Å². The largest absolute Gasteiger partial charge is 0.478 e. The first-order chi connectivity index (χ1) is 16.9. The second-order valence-corrected chi connectivity index (χ2v) is 10.8. The Morgan fingerprint density at radius 2 is 1.83 bits per heavy atom. The van der Waals surface area contributed by atoms with Gasteiger partial charge in [-0.3, -0.25) is 4.79 Å². The van der Waals surface area contributed by atoms with Gasteiger partial charge in [-0.15, -0.1) is 0 Å². The van der Waals surface area contributed by atoms with Crippen LogP contribution in [0.1, 0.15) is 73.4 Å². The van der Waals surface area contributed by atoms with Gasteiger partial charge in [0.05, 0.1) is 17.5 Å². The number of hydrogen-bond donors (Lipinski definition) is 1. The van der Waals surface area contributed by atoms with Gasteiger partial charge in [-0.1, -0.05) is 44.2 Å². The van der Waals surface area contributed by atoms with Crippen LogP contribution in [0.4, 0.5) is 0 Å². The van der Waals surface area contributed by atoms with E-state index in [1.807, 2.05) is 41.3 Å². The van der Waals surface area contributed by atoms with Gasteiger partial charge < -0.3 is 19.6 Å². The summed E-state index contributed by atoms with van der Waals surface area (Å²) in [7, 11) is 0. The van der Waals surface area contributed by atoms with Crippen LogP contribution in [0.15, 0.2) is 48.5 Å². The first kappa shape index (κ1) is 23.9. The number of aromatic carboxylic acids is 1. The summed E-state index contributed by atoms with van der Waals surface area (Å²) in [5.41, 5.74) is 2.24. The summed E-state index contributed by atoms with van der Waals surface area (Å²) in [6.45, 7) is 7.33. The molecule has 2 atom stereocenters. The molecule has 0 radical (unpaired) electrons. The molecule has 5 rings (SSSR count). The standard InChI is InChI=1S/C29H36N2O4/c1-20(2)29(28(34)31-18-24-6-3-4-9-26(24)35-19-31)13-10-25(17-29)30-14-11-21(12-15-30)22-7-5-8-23(16-22)27(32)33/h3-9,16,20-21,25H,10-15,17-19H2,1-2H3,(H,32,33)/t25-,29+/m1/s1. The SMILES string of the molecule is CC(C)[C@]1(C(=O)N2COc3ccccc3C2)CC[C@@H](N2CCC(c3cccc(C(=O)O)c3)CC2)C1. The average molecular weight is 477 g/mol. The number of para-hydroxylation sites is 1. The van der Waals surface area contributed by atoms with Crippen molar-refractivity contribution in [3.8, 4) is 5.75 Å². The molecule has 2 aromatic carbocycles. The van der Waals surface area contributed by atoms with E-state index in [9.17, 15) is 14.7 Å². The summed E-state index contributed by atoms with van der Waals surface area (Å²) in [5, 5.41) is 9.33. The lowest BCUT2D eigenvalue weighted by molar-refractivity contribution is -0.150. The van der Waals surface area contributed by atoms with E-state index in [1.54, 1.807) is 6.07 Å². The van der Waals surface area contributed by atoms with Crippen molar-refractivity contribution in [3.63, 3.8) is 0 Å². The van der Waals surface area contributed by atoms with E-state index in [4.69, 9.17) is 4.74 Å². The molecule has 1 amide bonds. The molecule has 186 valence electrons. The van der Waals surface area contributed by atoms with Crippen molar-refractivity contribution in [1.82, 2.24) is 9.80 Å². The van der Waals surface area contributed by atoms with E-state index in [-0.39, 0.29) is 17.2 Å². The second-order valence-electron chi connectivity index (χ2n) is 10.8. The van der Waals surface area contributed by atoms with Gasteiger partial charge in [-0.2, -0.15) is 0 Å². The zero-order valence-corrected chi connectivity index (χ0v) is 20.8. The molecule has 1 N–H and O–H groups in total. The van der Waals surface area contributed by atoms with Crippen molar-refractivity contribution in [3.05, 3.63) is 65.2 Å². The first-order valence-electron chi connectivity index (χ1n) is 12.9. The molecule has 2 fully saturated rings. The Kier molecular flexibility index (Phi) is 6.58. The van der Waals surface area contributed by atoms with E-state index in [1.165, 1.54) is 0 Å². The molecule has 2 heterocycles. The lowest BCUT2D eigenvalue weighted by Gasteiger charge is -2.41. The van der Waals surface area contributed by atoms with Gasteiger partial charge in [0.15, 0.2) is 6.73 Å². The van der Waals surface area contributed by atoms with Crippen LogP contribution in [0.5, 0.6) is 5.75 Å². The molecule has 1 aliphatic carbocycles. The number of carbonyl (C=O) groups is 2. The third-order valence-electron chi connectivity index (χ3n) is 8.70. The maximum absolute atomic E-state index is 13.9. The number of carbonyl (C=O) groups excluding carboxylic acids is 1. The Morgan fingerprint density at radius 1 is 1.06 bits per heavy atom. The summed E-state index contributed by atoms with van der Waals surface area (Å²) in [4.78, 5) is 29.8. The number of rotatable bonds is 5. The quantitative estimate of drug-likeness (QED) is 0.647. The van der Waals surface area contributed by atoms with Crippen molar-refractivity contribution in [2.75, 3.05) is 19.8 Å². The maximum atomic E-state index is 13.9. The predicted molar refractivity (Wildman–Crippen MR) is 134 cm³/mol. The monoisotopic (exact) mass is 476 g/mol. The highest BCUT2D eigenvalue weighted by Gasteiger charge is 2.51. The number of ether oxygens (including phenoxy) is 1. The number of nitrogens with zero attached hydrogens (tertiary/aromatic N) is 2. The number of fused-ring (bicyclic) bond motifs is 1. The lowest BCUT2D eigenvalue weighted by atomic mass is 9.74. The summed E-state index contributed by atoms with van der Waals surface area (Å²) < 4.78 is 5.92. The minimum absolute atomic E-state index is 0.241. The summed E-state index contributed by atoms with van der Waals surface area (Å²) >= 11 is 0. The Morgan fingerprint density at radius 3 is 2.57 bits per heavy atom. The smallest absolute Gasteiger partial charge is 0.335 e.